The van der Waals surface area contributed by atoms with Crippen molar-refractivity contribution in [2.75, 3.05) is 20.8 Å². The predicted octanol–water partition coefficient (Wildman–Crippen LogP) is 0.846. The highest BCUT2D eigenvalue weighted by molar-refractivity contribution is 5.81. The van der Waals surface area contributed by atoms with Gasteiger partial charge in [0.05, 0.1) is 13.2 Å². The Kier molecular flexibility index (Phi) is 5.61. The van der Waals surface area contributed by atoms with Crippen LogP contribution in [0.2, 0.25) is 0 Å². The van der Waals surface area contributed by atoms with Crippen LogP contribution >= 0.6 is 0 Å². The molecule has 3 N–H and O–H groups in total. The van der Waals surface area contributed by atoms with Crippen molar-refractivity contribution >= 4 is 5.91 Å². The minimum absolute atomic E-state index is 0.104. The van der Waals surface area contributed by atoms with Crippen LogP contribution in [-0.2, 0) is 9.53 Å². The Morgan fingerprint density at radius 1 is 1.33 bits per heavy atom. The lowest BCUT2D eigenvalue weighted by Gasteiger charge is -2.18. The molecule has 0 bridgehead atoms. The Hall–Kier alpha value is -1.59. The monoisotopic (exact) mass is 252 g/mol. The van der Waals surface area contributed by atoms with Crippen LogP contribution in [0.4, 0.5) is 0 Å². The fourth-order valence-electron chi connectivity index (χ4n) is 1.59. The first-order chi connectivity index (χ1) is 8.62. The van der Waals surface area contributed by atoms with Crippen molar-refractivity contribution in [3.05, 3.63) is 29.8 Å². The van der Waals surface area contributed by atoms with Gasteiger partial charge in [-0.15, -0.1) is 0 Å². The van der Waals surface area contributed by atoms with E-state index in [1.807, 2.05) is 31.2 Å². The average molecular weight is 252 g/mol. The average Bonchev–Trinajstić information content (AvgIpc) is 2.40. The van der Waals surface area contributed by atoms with Crippen LogP contribution < -0.4 is 15.8 Å². The first-order valence-electron chi connectivity index (χ1n) is 5.79. The van der Waals surface area contributed by atoms with Crippen molar-refractivity contribution in [3.8, 4) is 5.75 Å². The molecular weight excluding hydrogens is 232 g/mol. The topological polar surface area (TPSA) is 73.6 Å². The normalized spacial score (nSPS) is 13.8. The second kappa shape index (κ2) is 6.98. The van der Waals surface area contributed by atoms with Crippen molar-refractivity contribution in [1.82, 2.24) is 5.32 Å². The van der Waals surface area contributed by atoms with E-state index in [2.05, 4.69) is 5.32 Å². The quantitative estimate of drug-likeness (QED) is 0.787. The molecule has 0 heterocycles. The molecule has 1 rings (SSSR count). The zero-order chi connectivity index (χ0) is 13.5. The zero-order valence-electron chi connectivity index (χ0n) is 11.0. The van der Waals surface area contributed by atoms with Crippen molar-refractivity contribution in [2.45, 2.75) is 19.1 Å². The number of nitrogens with two attached hydrogens (primary N) is 1. The summed E-state index contributed by atoms with van der Waals surface area (Å²) in [5.74, 6) is 0.581. The van der Waals surface area contributed by atoms with E-state index in [-0.39, 0.29) is 18.5 Å². The second-order valence-electron chi connectivity index (χ2n) is 3.96. The van der Waals surface area contributed by atoms with Crippen LogP contribution in [0.25, 0.3) is 0 Å². The minimum Gasteiger partial charge on any atom is -0.497 e. The summed E-state index contributed by atoms with van der Waals surface area (Å²) in [6.07, 6.45) is -0.606. The molecule has 0 saturated carbocycles. The van der Waals surface area contributed by atoms with Gasteiger partial charge in [-0.3, -0.25) is 4.79 Å². The lowest BCUT2D eigenvalue weighted by molar-refractivity contribution is -0.131. The fourth-order valence-corrected chi connectivity index (χ4v) is 1.59. The number of hydrogen-bond acceptors (Lipinski definition) is 4. The van der Waals surface area contributed by atoms with Crippen LogP contribution in [0.5, 0.6) is 5.75 Å². The first-order valence-corrected chi connectivity index (χ1v) is 5.79. The number of rotatable bonds is 6. The van der Waals surface area contributed by atoms with Gasteiger partial charge in [0.1, 0.15) is 11.9 Å². The van der Waals surface area contributed by atoms with Crippen LogP contribution in [0.15, 0.2) is 24.3 Å². The zero-order valence-corrected chi connectivity index (χ0v) is 11.0. The number of nitrogens with one attached hydrogen (secondary N) is 1. The highest BCUT2D eigenvalue weighted by Gasteiger charge is 2.18. The van der Waals surface area contributed by atoms with Gasteiger partial charge in [-0.25, -0.2) is 0 Å². The summed E-state index contributed by atoms with van der Waals surface area (Å²) >= 11 is 0. The molecule has 1 aromatic carbocycles. The van der Waals surface area contributed by atoms with E-state index in [1.165, 1.54) is 7.11 Å². The van der Waals surface area contributed by atoms with Gasteiger partial charge in [0.2, 0.25) is 0 Å². The van der Waals surface area contributed by atoms with E-state index in [0.29, 0.717) is 0 Å². The number of methoxy groups -OCH3 is 2. The summed E-state index contributed by atoms with van der Waals surface area (Å²) in [5.41, 5.74) is 6.43. The molecule has 5 nitrogen and oxygen atoms in total. The Bertz CT molecular complexity index is 374. The molecule has 1 aromatic rings. The van der Waals surface area contributed by atoms with Gasteiger partial charge < -0.3 is 20.5 Å². The smallest absolute Gasteiger partial charge is 0.250 e. The van der Waals surface area contributed by atoms with Gasteiger partial charge >= 0.3 is 0 Å². The molecule has 0 aliphatic rings. The minimum atomic E-state index is -0.606. The third-order valence-electron chi connectivity index (χ3n) is 2.77. The predicted molar refractivity (Wildman–Crippen MR) is 69.4 cm³/mol. The molecule has 5 heteroatoms. The van der Waals surface area contributed by atoms with E-state index in [9.17, 15) is 4.79 Å². The number of hydrogen-bond donors (Lipinski definition) is 2. The molecule has 0 aliphatic heterocycles. The van der Waals surface area contributed by atoms with Gasteiger partial charge in [0, 0.05) is 13.7 Å². The van der Waals surface area contributed by atoms with E-state index in [0.717, 1.165) is 11.3 Å². The molecule has 2 atom stereocenters. The summed E-state index contributed by atoms with van der Waals surface area (Å²) in [6.45, 7) is 2.07. The van der Waals surface area contributed by atoms with Crippen molar-refractivity contribution in [2.24, 2.45) is 5.73 Å². The number of benzene rings is 1. The molecule has 0 saturated heterocycles. The summed E-state index contributed by atoms with van der Waals surface area (Å²) in [4.78, 5) is 11.8. The molecule has 18 heavy (non-hydrogen) atoms. The fraction of sp³-hybridized carbons (Fsp3) is 0.462. The molecular formula is C13H20N2O3. The summed E-state index contributed by atoms with van der Waals surface area (Å²) in [5, 5.41) is 2.85. The molecule has 0 fully saturated rings. The van der Waals surface area contributed by atoms with Crippen LogP contribution in [0.3, 0.4) is 0 Å². The summed E-state index contributed by atoms with van der Waals surface area (Å²) in [6, 6.07) is 7.43. The lowest BCUT2D eigenvalue weighted by atomic mass is 10.1. The number of amides is 1. The number of ether oxygens (including phenoxy) is 2. The maximum Gasteiger partial charge on any atom is 0.250 e. The maximum atomic E-state index is 11.8. The Morgan fingerprint density at radius 2 is 1.94 bits per heavy atom. The van der Waals surface area contributed by atoms with E-state index in [1.54, 1.807) is 7.11 Å². The van der Waals surface area contributed by atoms with Gasteiger partial charge in [-0.05, 0) is 24.6 Å². The molecule has 2 unspecified atom stereocenters. The number of carbonyl (C=O) groups is 1. The Balaban J connectivity index is 2.63. The van der Waals surface area contributed by atoms with Gasteiger partial charge in [-0.1, -0.05) is 12.1 Å². The van der Waals surface area contributed by atoms with Gasteiger partial charge in [0.25, 0.3) is 5.91 Å². The SMILES string of the molecule is COc1ccc(C(C)NC(=O)C(CN)OC)cc1. The standard InChI is InChI=1S/C13H20N2O3/c1-9(15-13(16)12(8-14)18-3)10-4-6-11(17-2)7-5-10/h4-7,9,12H,8,14H2,1-3H3,(H,15,16). The van der Waals surface area contributed by atoms with E-state index >= 15 is 0 Å². The van der Waals surface area contributed by atoms with Crippen LogP contribution in [-0.4, -0.2) is 32.8 Å². The lowest BCUT2D eigenvalue weighted by Crippen LogP contribution is -2.41. The summed E-state index contributed by atoms with van der Waals surface area (Å²) in [7, 11) is 3.08. The molecule has 0 radical (unpaired) electrons. The largest absolute Gasteiger partial charge is 0.497 e. The first kappa shape index (κ1) is 14.5. The maximum absolute atomic E-state index is 11.8. The third-order valence-corrected chi connectivity index (χ3v) is 2.77. The summed E-state index contributed by atoms with van der Waals surface area (Å²) < 4.78 is 10.1. The molecule has 1 amide bonds. The molecule has 0 aliphatic carbocycles. The highest BCUT2D eigenvalue weighted by atomic mass is 16.5. The molecule has 0 spiro atoms. The van der Waals surface area contributed by atoms with Gasteiger partial charge in [0.15, 0.2) is 0 Å². The van der Waals surface area contributed by atoms with Crippen molar-refractivity contribution in [3.63, 3.8) is 0 Å². The van der Waals surface area contributed by atoms with Gasteiger partial charge in [-0.2, -0.15) is 0 Å². The molecule has 0 aromatic heterocycles. The van der Waals surface area contributed by atoms with Crippen molar-refractivity contribution < 1.29 is 14.3 Å². The molecule has 100 valence electrons. The van der Waals surface area contributed by atoms with E-state index in [4.69, 9.17) is 15.2 Å². The Morgan fingerprint density at radius 3 is 2.39 bits per heavy atom. The number of carbonyl (C=O) groups excluding carboxylic acids is 1. The second-order valence-corrected chi connectivity index (χ2v) is 3.96. The highest BCUT2D eigenvalue weighted by Crippen LogP contribution is 2.17. The van der Waals surface area contributed by atoms with Crippen LogP contribution in [0, 0.1) is 0 Å². The van der Waals surface area contributed by atoms with Crippen LogP contribution in [0.1, 0.15) is 18.5 Å². The third kappa shape index (κ3) is 3.72. The Labute approximate surface area is 107 Å². The van der Waals surface area contributed by atoms with E-state index < -0.39 is 6.10 Å². The van der Waals surface area contributed by atoms with Crippen molar-refractivity contribution in [1.29, 1.82) is 0 Å².